The summed E-state index contributed by atoms with van der Waals surface area (Å²) in [6.45, 7) is 11.2. The summed E-state index contributed by atoms with van der Waals surface area (Å²) in [6.07, 6.45) is 3.75. The molecule has 1 aliphatic heterocycles. The third-order valence-corrected chi connectivity index (χ3v) is 7.29. The second-order valence-corrected chi connectivity index (χ2v) is 11.1. The molecule has 0 aliphatic carbocycles. The Morgan fingerprint density at radius 3 is 2.65 bits per heavy atom. The molecule has 2 amide bonds. The SMILES string of the molecule is C=CC(=O)N1CC[C@@H](Nc2n[nH]c3nccc(-c4ccc(CNC(=O)c5ccc(C(C)(C)C)cc5)c(F)c4)c23)C1. The highest BCUT2D eigenvalue weighted by molar-refractivity contribution is 6.00. The molecule has 3 heterocycles. The van der Waals surface area contributed by atoms with Crippen molar-refractivity contribution in [3.63, 3.8) is 0 Å². The molecular weight excluding hydrogens is 507 g/mol. The van der Waals surface area contributed by atoms with Gasteiger partial charge in [-0.2, -0.15) is 5.10 Å². The quantitative estimate of drug-likeness (QED) is 0.280. The Labute approximate surface area is 232 Å². The summed E-state index contributed by atoms with van der Waals surface area (Å²) in [6, 6.07) is 14.3. The van der Waals surface area contributed by atoms with Gasteiger partial charge in [0.25, 0.3) is 5.91 Å². The Morgan fingerprint density at radius 1 is 1.18 bits per heavy atom. The minimum Gasteiger partial charge on any atom is -0.363 e. The first-order valence-electron chi connectivity index (χ1n) is 13.3. The summed E-state index contributed by atoms with van der Waals surface area (Å²) in [5.41, 5.74) is 4.06. The monoisotopic (exact) mass is 540 g/mol. The van der Waals surface area contributed by atoms with Gasteiger partial charge in [-0.25, -0.2) is 9.37 Å². The molecule has 206 valence electrons. The summed E-state index contributed by atoms with van der Waals surface area (Å²) in [4.78, 5) is 30.7. The Balaban J connectivity index is 1.31. The van der Waals surface area contributed by atoms with E-state index in [0.717, 1.165) is 22.9 Å². The third-order valence-electron chi connectivity index (χ3n) is 7.29. The smallest absolute Gasteiger partial charge is 0.251 e. The molecular formula is C31H33FN6O2. The highest BCUT2D eigenvalue weighted by Gasteiger charge is 2.26. The van der Waals surface area contributed by atoms with E-state index in [2.05, 4.69) is 53.2 Å². The van der Waals surface area contributed by atoms with Gasteiger partial charge in [0.2, 0.25) is 5.91 Å². The minimum absolute atomic E-state index is 0.00286. The standard InChI is InChI=1S/C31H33FN6O2/c1-5-26(39)38-15-13-23(18-38)35-29-27-24(12-14-33-28(27)36-37-29)20-6-7-21(25(32)16-20)17-34-30(40)19-8-10-22(11-9-19)31(2,3)4/h5-12,14,16,23H,1,13,15,17-18H2,2-4H3,(H,34,40)(H2,33,35,36,37)/t23-/m1/s1. The van der Waals surface area contributed by atoms with E-state index in [9.17, 15) is 9.59 Å². The zero-order chi connectivity index (χ0) is 28.4. The van der Waals surface area contributed by atoms with Gasteiger partial charge < -0.3 is 15.5 Å². The van der Waals surface area contributed by atoms with Crippen molar-refractivity contribution in [2.75, 3.05) is 18.4 Å². The van der Waals surface area contributed by atoms with Gasteiger partial charge >= 0.3 is 0 Å². The van der Waals surface area contributed by atoms with Gasteiger partial charge in [0.05, 0.1) is 5.39 Å². The lowest BCUT2D eigenvalue weighted by Crippen LogP contribution is -2.30. The van der Waals surface area contributed by atoms with Crippen molar-refractivity contribution in [2.45, 2.75) is 45.2 Å². The van der Waals surface area contributed by atoms with Crippen LogP contribution in [0.3, 0.4) is 0 Å². The maximum atomic E-state index is 15.2. The lowest BCUT2D eigenvalue weighted by molar-refractivity contribution is -0.125. The van der Waals surface area contributed by atoms with E-state index in [-0.39, 0.29) is 29.8 Å². The van der Waals surface area contributed by atoms with E-state index in [1.165, 1.54) is 12.1 Å². The molecule has 2 aromatic heterocycles. The van der Waals surface area contributed by atoms with E-state index in [1.54, 1.807) is 29.3 Å². The fourth-order valence-corrected chi connectivity index (χ4v) is 4.95. The van der Waals surface area contributed by atoms with Crippen LogP contribution in [0.15, 0.2) is 67.4 Å². The molecule has 5 rings (SSSR count). The molecule has 2 aromatic carbocycles. The fraction of sp³-hybridized carbons (Fsp3) is 0.290. The molecule has 1 fully saturated rings. The number of H-pyrrole nitrogens is 1. The van der Waals surface area contributed by atoms with Gasteiger partial charge in [-0.3, -0.25) is 14.7 Å². The number of pyridine rings is 1. The van der Waals surface area contributed by atoms with Crippen molar-refractivity contribution < 1.29 is 14.0 Å². The van der Waals surface area contributed by atoms with Crippen molar-refractivity contribution in [1.82, 2.24) is 25.4 Å². The first-order chi connectivity index (χ1) is 19.1. The summed E-state index contributed by atoms with van der Waals surface area (Å²) in [5.74, 6) is -0.165. The van der Waals surface area contributed by atoms with Crippen LogP contribution in [0.5, 0.6) is 0 Å². The van der Waals surface area contributed by atoms with Gasteiger partial charge in [0.1, 0.15) is 5.82 Å². The molecule has 0 bridgehead atoms. The van der Waals surface area contributed by atoms with E-state index >= 15 is 4.39 Å². The highest BCUT2D eigenvalue weighted by Crippen LogP contribution is 2.33. The number of likely N-dealkylation sites (tertiary alicyclic amines) is 1. The van der Waals surface area contributed by atoms with Gasteiger partial charge in [-0.1, -0.05) is 51.6 Å². The van der Waals surface area contributed by atoms with Gasteiger partial charge in [0.15, 0.2) is 11.5 Å². The number of aromatic amines is 1. The maximum Gasteiger partial charge on any atom is 0.251 e. The Bertz CT molecular complexity index is 1570. The van der Waals surface area contributed by atoms with Crippen molar-refractivity contribution in [2.24, 2.45) is 0 Å². The normalized spacial score (nSPS) is 15.3. The van der Waals surface area contributed by atoms with Crippen LogP contribution in [0.25, 0.3) is 22.2 Å². The number of carbonyl (C=O) groups excluding carboxylic acids is 2. The van der Waals surface area contributed by atoms with Crippen LogP contribution in [0.4, 0.5) is 10.2 Å². The van der Waals surface area contributed by atoms with Crippen molar-refractivity contribution in [3.8, 4) is 11.1 Å². The van der Waals surface area contributed by atoms with Crippen LogP contribution in [0.2, 0.25) is 0 Å². The average Bonchev–Trinajstić information content (AvgIpc) is 3.59. The van der Waals surface area contributed by atoms with Crippen LogP contribution in [-0.4, -0.2) is 51.0 Å². The zero-order valence-corrected chi connectivity index (χ0v) is 22.9. The van der Waals surface area contributed by atoms with Gasteiger partial charge in [-0.05, 0) is 58.9 Å². The summed E-state index contributed by atoms with van der Waals surface area (Å²) >= 11 is 0. The first kappa shape index (κ1) is 27.1. The second kappa shape index (κ2) is 10.9. The molecule has 0 radical (unpaired) electrons. The van der Waals surface area contributed by atoms with Crippen molar-refractivity contribution >= 4 is 28.7 Å². The molecule has 1 saturated heterocycles. The van der Waals surface area contributed by atoms with E-state index in [4.69, 9.17) is 0 Å². The molecule has 4 aromatic rings. The number of nitrogens with zero attached hydrogens (tertiary/aromatic N) is 3. The van der Waals surface area contributed by atoms with Crippen LogP contribution in [-0.2, 0) is 16.8 Å². The topological polar surface area (TPSA) is 103 Å². The van der Waals surface area contributed by atoms with Crippen LogP contribution < -0.4 is 10.6 Å². The number of carbonyl (C=O) groups is 2. The molecule has 1 atom stereocenters. The molecule has 8 nitrogen and oxygen atoms in total. The summed E-state index contributed by atoms with van der Waals surface area (Å²) in [7, 11) is 0. The largest absolute Gasteiger partial charge is 0.363 e. The predicted octanol–water partition coefficient (Wildman–Crippen LogP) is 5.19. The molecule has 0 spiro atoms. The van der Waals surface area contributed by atoms with Crippen LogP contribution in [0, 0.1) is 5.82 Å². The molecule has 9 heteroatoms. The van der Waals surface area contributed by atoms with E-state index in [1.807, 2.05) is 24.3 Å². The lowest BCUT2D eigenvalue weighted by atomic mass is 9.87. The lowest BCUT2D eigenvalue weighted by Gasteiger charge is -2.19. The Hall–Kier alpha value is -4.53. The number of rotatable bonds is 7. The predicted molar refractivity (Wildman–Crippen MR) is 154 cm³/mol. The Kier molecular flexibility index (Phi) is 7.38. The van der Waals surface area contributed by atoms with Gasteiger partial charge in [-0.15, -0.1) is 0 Å². The third kappa shape index (κ3) is 5.59. The number of amides is 2. The molecule has 1 aliphatic rings. The molecule has 0 saturated carbocycles. The second-order valence-electron chi connectivity index (χ2n) is 11.1. The Morgan fingerprint density at radius 2 is 1.95 bits per heavy atom. The summed E-state index contributed by atoms with van der Waals surface area (Å²) < 4.78 is 15.2. The number of nitrogens with one attached hydrogen (secondary N) is 3. The van der Waals surface area contributed by atoms with E-state index < -0.39 is 5.82 Å². The highest BCUT2D eigenvalue weighted by atomic mass is 19.1. The number of anilines is 1. The number of halogens is 1. The van der Waals surface area contributed by atoms with Crippen molar-refractivity contribution in [1.29, 1.82) is 0 Å². The molecule has 0 unspecified atom stereocenters. The number of hydrogen-bond donors (Lipinski definition) is 3. The zero-order valence-electron chi connectivity index (χ0n) is 22.9. The average molecular weight is 541 g/mol. The van der Waals surface area contributed by atoms with Crippen LogP contribution in [0.1, 0.15) is 48.7 Å². The number of hydrogen-bond acceptors (Lipinski definition) is 5. The van der Waals surface area contributed by atoms with Crippen molar-refractivity contribution in [3.05, 3.63) is 89.9 Å². The summed E-state index contributed by atoms with van der Waals surface area (Å²) in [5, 5.41) is 14.3. The van der Waals surface area contributed by atoms with E-state index in [0.29, 0.717) is 41.2 Å². The molecule has 40 heavy (non-hydrogen) atoms. The number of fused-ring (bicyclic) bond motifs is 1. The minimum atomic E-state index is -0.418. The number of benzene rings is 2. The molecule has 3 N–H and O–H groups in total. The fourth-order valence-electron chi connectivity index (χ4n) is 4.95. The van der Waals surface area contributed by atoms with Crippen LogP contribution >= 0.6 is 0 Å². The first-order valence-corrected chi connectivity index (χ1v) is 13.3. The maximum absolute atomic E-state index is 15.2. The number of aromatic nitrogens is 3. The van der Waals surface area contributed by atoms with Gasteiger partial charge in [0, 0.05) is 43.0 Å².